The van der Waals surface area contributed by atoms with Gasteiger partial charge in [0.25, 0.3) is 10.0 Å². The number of rotatable bonds is 12. The first kappa shape index (κ1) is 31.5. The van der Waals surface area contributed by atoms with Crippen molar-refractivity contribution in [2.24, 2.45) is 5.92 Å². The maximum Gasteiger partial charge on any atom is 0.264 e. The summed E-state index contributed by atoms with van der Waals surface area (Å²) < 4.78 is 28.7. The molecule has 0 aliphatic heterocycles. The molecule has 1 N–H and O–H groups in total. The number of amides is 2. The Hall–Kier alpha value is -3.07. The molecule has 0 aliphatic carbocycles. The summed E-state index contributed by atoms with van der Waals surface area (Å²) in [5.41, 5.74) is 1.89. The van der Waals surface area contributed by atoms with Crippen molar-refractivity contribution in [1.82, 2.24) is 10.2 Å². The fourth-order valence-corrected chi connectivity index (χ4v) is 6.16. The van der Waals surface area contributed by atoms with E-state index >= 15 is 0 Å². The molecule has 0 saturated heterocycles. The second-order valence-electron chi connectivity index (χ2n) is 9.97. The zero-order valence-electron chi connectivity index (χ0n) is 23.1. The first-order chi connectivity index (χ1) is 18.9. The van der Waals surface area contributed by atoms with Gasteiger partial charge in [-0.25, -0.2) is 8.42 Å². The second-order valence-corrected chi connectivity index (χ2v) is 12.6. The summed E-state index contributed by atoms with van der Waals surface area (Å²) in [5.74, 6) is -0.627. The van der Waals surface area contributed by atoms with Gasteiger partial charge < -0.3 is 10.2 Å². The summed E-state index contributed by atoms with van der Waals surface area (Å²) in [4.78, 5) is 28.8. The fourth-order valence-electron chi connectivity index (χ4n) is 4.27. The van der Waals surface area contributed by atoms with E-state index in [-0.39, 0.29) is 39.0 Å². The van der Waals surface area contributed by atoms with Crippen molar-refractivity contribution < 1.29 is 18.0 Å². The van der Waals surface area contributed by atoms with Crippen LogP contribution in [0.3, 0.4) is 0 Å². The summed E-state index contributed by atoms with van der Waals surface area (Å²) >= 11 is 12.7. The Balaban J connectivity index is 2.08. The van der Waals surface area contributed by atoms with E-state index in [0.29, 0.717) is 13.0 Å². The Morgan fingerprint density at radius 2 is 1.62 bits per heavy atom. The van der Waals surface area contributed by atoms with E-state index in [2.05, 4.69) is 5.32 Å². The van der Waals surface area contributed by atoms with Gasteiger partial charge in [0.1, 0.15) is 12.6 Å². The minimum atomic E-state index is -4.23. The summed E-state index contributed by atoms with van der Waals surface area (Å²) in [6, 6.07) is 19.2. The van der Waals surface area contributed by atoms with Gasteiger partial charge in [-0.05, 0) is 49.1 Å². The van der Waals surface area contributed by atoms with Crippen LogP contribution in [0.5, 0.6) is 0 Å². The van der Waals surface area contributed by atoms with Crippen LogP contribution in [0, 0.1) is 12.8 Å². The predicted molar refractivity (Wildman–Crippen MR) is 161 cm³/mol. The summed E-state index contributed by atoms with van der Waals surface area (Å²) in [7, 11) is -4.23. The van der Waals surface area contributed by atoms with E-state index in [4.69, 9.17) is 23.2 Å². The zero-order valence-corrected chi connectivity index (χ0v) is 25.4. The van der Waals surface area contributed by atoms with Gasteiger partial charge in [-0.15, -0.1) is 0 Å². The van der Waals surface area contributed by atoms with E-state index < -0.39 is 28.5 Å². The van der Waals surface area contributed by atoms with Crippen molar-refractivity contribution in [2.45, 2.75) is 51.6 Å². The molecule has 214 valence electrons. The van der Waals surface area contributed by atoms with Crippen LogP contribution in [0.1, 0.15) is 38.3 Å². The molecule has 3 aromatic carbocycles. The molecule has 3 rings (SSSR count). The number of hydrogen-bond acceptors (Lipinski definition) is 4. The van der Waals surface area contributed by atoms with Gasteiger partial charge >= 0.3 is 0 Å². The standard InChI is InChI=1S/C30H35Cl2N3O4S/c1-5-26(30(37)33-18-21(2)3)34(19-23-12-9-11-22(4)17-23)28(36)20-35(27-16-10-15-25(31)29(27)32)40(38,39)24-13-7-6-8-14-24/h6-17,21,26H,5,18-20H2,1-4H3,(H,33,37)/t26-/m1/s1. The molecule has 0 spiro atoms. The fraction of sp³-hybridized carbons (Fsp3) is 0.333. The molecule has 7 nitrogen and oxygen atoms in total. The Labute approximate surface area is 247 Å². The molecule has 0 unspecified atom stereocenters. The highest BCUT2D eigenvalue weighted by Crippen LogP contribution is 2.35. The number of carbonyl (C=O) groups excluding carboxylic acids is 2. The number of nitrogens with zero attached hydrogens (tertiary/aromatic N) is 2. The Morgan fingerprint density at radius 3 is 2.25 bits per heavy atom. The molecule has 0 heterocycles. The van der Waals surface area contributed by atoms with Crippen molar-refractivity contribution in [3.8, 4) is 0 Å². The highest BCUT2D eigenvalue weighted by atomic mass is 35.5. The molecule has 0 aromatic heterocycles. The minimum absolute atomic E-state index is 0.00317. The molecule has 0 bridgehead atoms. The molecular weight excluding hydrogens is 569 g/mol. The number of benzene rings is 3. The largest absolute Gasteiger partial charge is 0.354 e. The summed E-state index contributed by atoms with van der Waals surface area (Å²) in [6.07, 6.45) is 0.338. The predicted octanol–water partition coefficient (Wildman–Crippen LogP) is 6.08. The number of nitrogens with one attached hydrogen (secondary N) is 1. The lowest BCUT2D eigenvalue weighted by atomic mass is 10.1. The van der Waals surface area contributed by atoms with Crippen LogP contribution in [0.2, 0.25) is 10.0 Å². The molecule has 1 atom stereocenters. The Bertz CT molecular complexity index is 1430. The third kappa shape index (κ3) is 7.77. The number of halogens is 2. The zero-order chi connectivity index (χ0) is 29.4. The maximum absolute atomic E-state index is 14.1. The van der Waals surface area contributed by atoms with Gasteiger partial charge in [0.2, 0.25) is 11.8 Å². The van der Waals surface area contributed by atoms with Crippen molar-refractivity contribution in [3.05, 3.63) is 94.0 Å². The lowest BCUT2D eigenvalue weighted by molar-refractivity contribution is -0.140. The number of anilines is 1. The molecular formula is C30H35Cl2N3O4S. The lowest BCUT2D eigenvalue weighted by Gasteiger charge is -2.33. The minimum Gasteiger partial charge on any atom is -0.354 e. The molecule has 40 heavy (non-hydrogen) atoms. The Kier molecular flexibility index (Phi) is 11.0. The number of carbonyl (C=O) groups is 2. The van der Waals surface area contributed by atoms with Crippen LogP contribution >= 0.6 is 23.2 Å². The Morgan fingerprint density at radius 1 is 0.950 bits per heavy atom. The van der Waals surface area contributed by atoms with E-state index in [1.165, 1.54) is 23.1 Å². The molecule has 0 radical (unpaired) electrons. The average molecular weight is 605 g/mol. The van der Waals surface area contributed by atoms with E-state index in [1.54, 1.807) is 30.3 Å². The third-order valence-electron chi connectivity index (χ3n) is 6.32. The van der Waals surface area contributed by atoms with Crippen molar-refractivity contribution in [3.63, 3.8) is 0 Å². The first-order valence-electron chi connectivity index (χ1n) is 13.1. The van der Waals surface area contributed by atoms with Crippen LogP contribution in [-0.2, 0) is 26.2 Å². The van der Waals surface area contributed by atoms with Crippen molar-refractivity contribution in [1.29, 1.82) is 0 Å². The van der Waals surface area contributed by atoms with Gasteiger partial charge in [-0.3, -0.25) is 13.9 Å². The second kappa shape index (κ2) is 14.0. The number of sulfonamides is 1. The van der Waals surface area contributed by atoms with Gasteiger partial charge in [0, 0.05) is 13.1 Å². The monoisotopic (exact) mass is 603 g/mol. The van der Waals surface area contributed by atoms with Crippen LogP contribution in [0.4, 0.5) is 5.69 Å². The quantitative estimate of drug-likeness (QED) is 0.272. The average Bonchev–Trinajstić information content (AvgIpc) is 2.92. The molecule has 3 aromatic rings. The van der Waals surface area contributed by atoms with E-state index in [1.807, 2.05) is 52.0 Å². The van der Waals surface area contributed by atoms with Crippen LogP contribution in [-0.4, -0.2) is 44.3 Å². The van der Waals surface area contributed by atoms with Crippen LogP contribution < -0.4 is 9.62 Å². The molecule has 0 saturated carbocycles. The first-order valence-corrected chi connectivity index (χ1v) is 15.3. The highest BCUT2D eigenvalue weighted by Gasteiger charge is 2.34. The number of hydrogen-bond donors (Lipinski definition) is 1. The topological polar surface area (TPSA) is 86.8 Å². The molecule has 0 aliphatic rings. The summed E-state index contributed by atoms with van der Waals surface area (Å²) in [5, 5.41) is 3.07. The van der Waals surface area contributed by atoms with Crippen LogP contribution in [0.15, 0.2) is 77.7 Å². The van der Waals surface area contributed by atoms with Gasteiger partial charge in [0.15, 0.2) is 0 Å². The highest BCUT2D eigenvalue weighted by molar-refractivity contribution is 7.92. The van der Waals surface area contributed by atoms with Crippen molar-refractivity contribution >= 4 is 50.7 Å². The van der Waals surface area contributed by atoms with E-state index in [9.17, 15) is 18.0 Å². The maximum atomic E-state index is 14.1. The lowest BCUT2D eigenvalue weighted by Crippen LogP contribution is -2.52. The third-order valence-corrected chi connectivity index (χ3v) is 8.90. The molecule has 2 amide bonds. The van der Waals surface area contributed by atoms with Gasteiger partial charge in [-0.1, -0.05) is 98.1 Å². The van der Waals surface area contributed by atoms with Crippen LogP contribution in [0.25, 0.3) is 0 Å². The number of aryl methyl sites for hydroxylation is 1. The smallest absolute Gasteiger partial charge is 0.264 e. The molecule has 10 heteroatoms. The normalized spacial score (nSPS) is 12.2. The van der Waals surface area contributed by atoms with Crippen molar-refractivity contribution in [2.75, 3.05) is 17.4 Å². The summed E-state index contributed by atoms with van der Waals surface area (Å²) in [6.45, 7) is 7.72. The SMILES string of the molecule is CC[C@H](C(=O)NCC(C)C)N(Cc1cccc(C)c1)C(=O)CN(c1cccc(Cl)c1Cl)S(=O)(=O)c1ccccc1. The molecule has 0 fully saturated rings. The van der Waals surface area contributed by atoms with Gasteiger partial charge in [-0.2, -0.15) is 0 Å². The van der Waals surface area contributed by atoms with E-state index in [0.717, 1.165) is 15.4 Å². The van der Waals surface area contributed by atoms with Gasteiger partial charge in [0.05, 0.1) is 20.6 Å².